The predicted octanol–water partition coefficient (Wildman–Crippen LogP) is -0.626. The number of carbonyl (C=O) groups excluding carboxylic acids is 1. The molecule has 0 aliphatic carbocycles. The molecule has 0 radical (unpaired) electrons. The van der Waals surface area contributed by atoms with Gasteiger partial charge in [0, 0.05) is 33.1 Å². The van der Waals surface area contributed by atoms with E-state index in [1.165, 1.54) is 6.92 Å². The first-order valence-corrected chi connectivity index (χ1v) is 5.32. The largest absolute Gasteiger partial charge is 0.481 e. The van der Waals surface area contributed by atoms with Crippen LogP contribution < -0.4 is 5.32 Å². The molecule has 3 N–H and O–H groups in total. The molecule has 0 saturated heterocycles. The first-order chi connectivity index (χ1) is 7.91. The fraction of sp³-hybridized carbons (Fsp3) is 0.700. The molecule has 0 aromatic carbocycles. The number of hydrogen-bond acceptors (Lipinski definition) is 4. The van der Waals surface area contributed by atoms with Gasteiger partial charge in [0.1, 0.15) is 0 Å². The van der Waals surface area contributed by atoms with E-state index in [0.717, 1.165) is 0 Å². The van der Waals surface area contributed by atoms with Gasteiger partial charge in [-0.2, -0.15) is 0 Å². The summed E-state index contributed by atoms with van der Waals surface area (Å²) < 4.78 is 0. The zero-order chi connectivity index (χ0) is 13.3. The molecule has 17 heavy (non-hydrogen) atoms. The van der Waals surface area contributed by atoms with Crippen LogP contribution in [0.4, 0.5) is 0 Å². The lowest BCUT2D eigenvalue weighted by Crippen LogP contribution is -2.36. The molecule has 0 aliphatic rings. The summed E-state index contributed by atoms with van der Waals surface area (Å²) >= 11 is 0. The van der Waals surface area contributed by atoms with Gasteiger partial charge < -0.3 is 20.4 Å². The molecular formula is C10H18N2O5. The van der Waals surface area contributed by atoms with Gasteiger partial charge in [-0.25, -0.2) is 0 Å². The maximum atomic E-state index is 10.6. The lowest BCUT2D eigenvalue weighted by Gasteiger charge is -2.20. The summed E-state index contributed by atoms with van der Waals surface area (Å²) in [4.78, 5) is 33.2. The van der Waals surface area contributed by atoms with Crippen LogP contribution in [-0.4, -0.2) is 59.1 Å². The lowest BCUT2D eigenvalue weighted by atomic mass is 10.3. The van der Waals surface area contributed by atoms with E-state index in [0.29, 0.717) is 13.1 Å². The summed E-state index contributed by atoms with van der Waals surface area (Å²) in [6.07, 6.45) is -0.0839. The van der Waals surface area contributed by atoms with Crippen LogP contribution in [0.15, 0.2) is 0 Å². The van der Waals surface area contributed by atoms with Gasteiger partial charge in [-0.15, -0.1) is 0 Å². The van der Waals surface area contributed by atoms with E-state index in [1.807, 2.05) is 0 Å². The summed E-state index contributed by atoms with van der Waals surface area (Å²) in [5.41, 5.74) is 0. The van der Waals surface area contributed by atoms with E-state index in [1.54, 1.807) is 4.90 Å². The first kappa shape index (κ1) is 15.4. The second-order valence-electron chi connectivity index (χ2n) is 3.61. The van der Waals surface area contributed by atoms with Gasteiger partial charge in [0.15, 0.2) is 0 Å². The van der Waals surface area contributed by atoms with E-state index >= 15 is 0 Å². The number of carboxylic acid groups (broad SMARTS) is 2. The highest BCUT2D eigenvalue weighted by atomic mass is 16.4. The Hall–Kier alpha value is -1.63. The number of nitrogens with zero attached hydrogens (tertiary/aromatic N) is 1. The number of rotatable bonds is 9. The SMILES string of the molecule is CC(=O)NCCN(CCC(=O)O)CCC(=O)O. The molecule has 0 aromatic heterocycles. The molecule has 0 spiro atoms. The van der Waals surface area contributed by atoms with Crippen LogP contribution in [0.2, 0.25) is 0 Å². The smallest absolute Gasteiger partial charge is 0.304 e. The number of amides is 1. The lowest BCUT2D eigenvalue weighted by molar-refractivity contribution is -0.137. The van der Waals surface area contributed by atoms with E-state index in [-0.39, 0.29) is 31.8 Å². The average molecular weight is 246 g/mol. The van der Waals surface area contributed by atoms with Crippen molar-refractivity contribution in [3.8, 4) is 0 Å². The summed E-state index contributed by atoms with van der Waals surface area (Å²) in [5.74, 6) is -2.02. The highest BCUT2D eigenvalue weighted by Gasteiger charge is 2.09. The number of aliphatic carboxylic acids is 2. The standard InChI is InChI=1S/C10H18N2O5/c1-8(13)11-4-7-12(5-2-9(14)15)6-3-10(16)17/h2-7H2,1H3,(H,11,13)(H,14,15)(H,16,17). The number of carboxylic acids is 2. The maximum absolute atomic E-state index is 10.6. The first-order valence-electron chi connectivity index (χ1n) is 5.32. The van der Waals surface area contributed by atoms with Crippen molar-refractivity contribution in [2.45, 2.75) is 19.8 Å². The molecule has 0 bridgehead atoms. The topological polar surface area (TPSA) is 107 Å². The molecule has 7 nitrogen and oxygen atoms in total. The van der Waals surface area contributed by atoms with Crippen LogP contribution in [0, 0.1) is 0 Å². The van der Waals surface area contributed by atoms with Crippen LogP contribution in [0.1, 0.15) is 19.8 Å². The van der Waals surface area contributed by atoms with E-state index in [2.05, 4.69) is 5.32 Å². The number of nitrogens with one attached hydrogen (secondary N) is 1. The Bertz CT molecular complexity index is 262. The van der Waals surface area contributed by atoms with Gasteiger partial charge in [-0.3, -0.25) is 14.4 Å². The van der Waals surface area contributed by atoms with Gasteiger partial charge in [0.25, 0.3) is 0 Å². The number of hydrogen-bond donors (Lipinski definition) is 3. The molecule has 7 heteroatoms. The van der Waals surface area contributed by atoms with Crippen LogP contribution in [0.3, 0.4) is 0 Å². The van der Waals surface area contributed by atoms with Crippen LogP contribution in [0.5, 0.6) is 0 Å². The quantitative estimate of drug-likeness (QED) is 0.500. The molecule has 0 aliphatic heterocycles. The van der Waals surface area contributed by atoms with Crippen molar-refractivity contribution in [3.05, 3.63) is 0 Å². The fourth-order valence-corrected chi connectivity index (χ4v) is 1.23. The van der Waals surface area contributed by atoms with Crippen molar-refractivity contribution < 1.29 is 24.6 Å². The highest BCUT2D eigenvalue weighted by molar-refractivity contribution is 5.72. The second-order valence-corrected chi connectivity index (χ2v) is 3.61. The third-order valence-corrected chi connectivity index (χ3v) is 2.09. The van der Waals surface area contributed by atoms with Crippen molar-refractivity contribution in [1.82, 2.24) is 10.2 Å². The molecular weight excluding hydrogens is 228 g/mol. The Labute approximate surface area is 99.4 Å². The van der Waals surface area contributed by atoms with Gasteiger partial charge in [0.2, 0.25) is 5.91 Å². The Kier molecular flexibility index (Phi) is 7.70. The molecule has 0 rings (SSSR count). The molecule has 0 aromatic rings. The highest BCUT2D eigenvalue weighted by Crippen LogP contribution is 1.94. The van der Waals surface area contributed by atoms with Crippen LogP contribution in [-0.2, 0) is 14.4 Å². The van der Waals surface area contributed by atoms with Crippen LogP contribution in [0.25, 0.3) is 0 Å². The van der Waals surface area contributed by atoms with Gasteiger partial charge in [-0.05, 0) is 0 Å². The zero-order valence-electron chi connectivity index (χ0n) is 9.81. The molecule has 0 saturated carbocycles. The van der Waals surface area contributed by atoms with Crippen molar-refractivity contribution in [2.75, 3.05) is 26.2 Å². The Morgan fingerprint density at radius 3 is 1.82 bits per heavy atom. The third kappa shape index (κ3) is 10.6. The summed E-state index contributed by atoms with van der Waals surface area (Å²) in [7, 11) is 0. The molecule has 0 heterocycles. The van der Waals surface area contributed by atoms with E-state index < -0.39 is 11.9 Å². The molecule has 1 amide bonds. The average Bonchev–Trinajstić information content (AvgIpc) is 2.20. The normalized spacial score (nSPS) is 10.2. The Morgan fingerprint density at radius 2 is 1.47 bits per heavy atom. The monoisotopic (exact) mass is 246 g/mol. The van der Waals surface area contributed by atoms with Crippen molar-refractivity contribution in [2.24, 2.45) is 0 Å². The Morgan fingerprint density at radius 1 is 1.00 bits per heavy atom. The van der Waals surface area contributed by atoms with Crippen LogP contribution >= 0.6 is 0 Å². The van der Waals surface area contributed by atoms with Gasteiger partial charge in [-0.1, -0.05) is 0 Å². The van der Waals surface area contributed by atoms with Crippen molar-refractivity contribution >= 4 is 17.8 Å². The molecule has 0 atom stereocenters. The van der Waals surface area contributed by atoms with E-state index in [4.69, 9.17) is 10.2 Å². The second kappa shape index (κ2) is 8.51. The molecule has 0 unspecified atom stereocenters. The van der Waals surface area contributed by atoms with Gasteiger partial charge in [0.05, 0.1) is 12.8 Å². The third-order valence-electron chi connectivity index (χ3n) is 2.09. The Balaban J connectivity index is 3.95. The minimum atomic E-state index is -0.926. The summed E-state index contributed by atoms with van der Waals surface area (Å²) in [6.45, 7) is 2.78. The molecule has 98 valence electrons. The number of carbonyl (C=O) groups is 3. The summed E-state index contributed by atoms with van der Waals surface area (Å²) in [6, 6.07) is 0. The fourth-order valence-electron chi connectivity index (χ4n) is 1.23. The van der Waals surface area contributed by atoms with E-state index in [9.17, 15) is 14.4 Å². The maximum Gasteiger partial charge on any atom is 0.304 e. The van der Waals surface area contributed by atoms with Crippen molar-refractivity contribution in [3.63, 3.8) is 0 Å². The van der Waals surface area contributed by atoms with Gasteiger partial charge >= 0.3 is 11.9 Å². The predicted molar refractivity (Wildman–Crippen MR) is 59.6 cm³/mol. The zero-order valence-corrected chi connectivity index (χ0v) is 9.81. The summed E-state index contributed by atoms with van der Waals surface area (Å²) in [5, 5.41) is 19.7. The minimum absolute atomic E-state index is 0.0420. The van der Waals surface area contributed by atoms with Crippen molar-refractivity contribution in [1.29, 1.82) is 0 Å². The minimum Gasteiger partial charge on any atom is -0.481 e. The molecule has 0 fully saturated rings.